The van der Waals surface area contributed by atoms with Crippen LogP contribution >= 0.6 is 0 Å². The van der Waals surface area contributed by atoms with E-state index >= 15 is 0 Å². The van der Waals surface area contributed by atoms with Gasteiger partial charge < -0.3 is 15.5 Å². The number of carbonyl (C=O) groups is 3. The number of hydrogen-bond donors (Lipinski definition) is 2. The molecule has 4 rings (SSSR count). The van der Waals surface area contributed by atoms with Crippen molar-refractivity contribution in [3.05, 3.63) is 65.2 Å². The minimum Gasteiger partial charge on any atom is -0.353 e. The minimum atomic E-state index is -0.790. The van der Waals surface area contributed by atoms with E-state index in [9.17, 15) is 14.4 Å². The van der Waals surface area contributed by atoms with Crippen LogP contribution in [0.5, 0.6) is 0 Å². The highest BCUT2D eigenvalue weighted by molar-refractivity contribution is 5.97. The summed E-state index contributed by atoms with van der Waals surface area (Å²) in [5, 5.41) is 5.67. The van der Waals surface area contributed by atoms with Gasteiger partial charge in [-0.05, 0) is 42.7 Å². The Morgan fingerprint density at radius 2 is 1.66 bits per heavy atom. The van der Waals surface area contributed by atoms with Crippen LogP contribution in [0.1, 0.15) is 23.1 Å². The summed E-state index contributed by atoms with van der Waals surface area (Å²) in [5.41, 5.74) is 4.21. The van der Waals surface area contributed by atoms with Gasteiger partial charge in [0.15, 0.2) is 0 Å². The van der Waals surface area contributed by atoms with Gasteiger partial charge in [-0.1, -0.05) is 36.4 Å². The van der Waals surface area contributed by atoms with E-state index < -0.39 is 6.04 Å². The molecule has 2 saturated heterocycles. The molecule has 2 aromatic rings. The van der Waals surface area contributed by atoms with Crippen molar-refractivity contribution in [1.82, 2.24) is 20.0 Å². The van der Waals surface area contributed by atoms with Crippen molar-refractivity contribution in [2.24, 2.45) is 0 Å². The predicted molar refractivity (Wildman–Crippen MR) is 136 cm³/mol. The molecule has 0 aliphatic carbocycles. The largest absolute Gasteiger partial charge is 0.353 e. The average Bonchev–Trinajstić information content (AvgIpc) is 2.84. The van der Waals surface area contributed by atoms with Crippen LogP contribution in [0.4, 0.5) is 5.69 Å². The lowest BCUT2D eigenvalue weighted by Gasteiger charge is -2.38. The molecule has 2 heterocycles. The van der Waals surface area contributed by atoms with E-state index in [1.165, 1.54) is 5.56 Å². The molecule has 3 amide bonds. The number of carbonyl (C=O) groups excluding carboxylic acids is 3. The standard InChI is InChI=1S/C27H35N5O3/c1-20-8-9-23(16-21(20)2)29-25(33)17-24-27(35)28-10-11-32(24)26(34)19-31-14-12-30(13-15-31)18-22-6-4-3-5-7-22/h3-9,16,24H,10-15,17-19H2,1-2H3,(H,28,35)(H,29,33). The molecule has 0 saturated carbocycles. The number of hydrogen-bond acceptors (Lipinski definition) is 5. The third-order valence-corrected chi connectivity index (χ3v) is 6.89. The number of anilines is 1. The molecule has 8 heteroatoms. The van der Waals surface area contributed by atoms with Crippen molar-refractivity contribution < 1.29 is 14.4 Å². The topological polar surface area (TPSA) is 85.0 Å². The van der Waals surface area contributed by atoms with Gasteiger partial charge in [-0.2, -0.15) is 0 Å². The molecular formula is C27H35N5O3. The van der Waals surface area contributed by atoms with E-state index in [-0.39, 0.29) is 30.7 Å². The van der Waals surface area contributed by atoms with Crippen LogP contribution in [0.2, 0.25) is 0 Å². The van der Waals surface area contributed by atoms with Crippen molar-refractivity contribution in [3.63, 3.8) is 0 Å². The molecule has 2 N–H and O–H groups in total. The Balaban J connectivity index is 1.30. The van der Waals surface area contributed by atoms with E-state index in [1.54, 1.807) is 4.90 Å². The van der Waals surface area contributed by atoms with E-state index in [0.29, 0.717) is 18.8 Å². The van der Waals surface area contributed by atoms with Gasteiger partial charge >= 0.3 is 0 Å². The Labute approximate surface area is 207 Å². The maximum atomic E-state index is 13.2. The Morgan fingerprint density at radius 1 is 0.943 bits per heavy atom. The number of amides is 3. The molecule has 2 aromatic carbocycles. The number of aryl methyl sites for hydroxylation is 2. The third-order valence-electron chi connectivity index (χ3n) is 6.89. The first-order valence-corrected chi connectivity index (χ1v) is 12.3. The van der Waals surface area contributed by atoms with Crippen molar-refractivity contribution in [2.45, 2.75) is 32.9 Å². The fourth-order valence-electron chi connectivity index (χ4n) is 4.65. The smallest absolute Gasteiger partial charge is 0.243 e. The molecule has 1 atom stereocenters. The molecule has 2 fully saturated rings. The van der Waals surface area contributed by atoms with Gasteiger partial charge in [0.2, 0.25) is 17.7 Å². The number of nitrogens with one attached hydrogen (secondary N) is 2. The average molecular weight is 478 g/mol. The Morgan fingerprint density at radius 3 is 2.37 bits per heavy atom. The normalized spacial score (nSPS) is 19.3. The minimum absolute atomic E-state index is 0.0602. The quantitative estimate of drug-likeness (QED) is 0.635. The highest BCUT2D eigenvalue weighted by Gasteiger charge is 2.35. The van der Waals surface area contributed by atoms with Gasteiger partial charge in [-0.15, -0.1) is 0 Å². The molecule has 0 radical (unpaired) electrons. The zero-order chi connectivity index (χ0) is 24.8. The second-order valence-electron chi connectivity index (χ2n) is 9.48. The highest BCUT2D eigenvalue weighted by Crippen LogP contribution is 2.17. The molecule has 186 valence electrons. The van der Waals surface area contributed by atoms with Crippen LogP contribution in [0.15, 0.2) is 48.5 Å². The number of rotatable bonds is 7. The second kappa shape index (κ2) is 11.5. The molecular weight excluding hydrogens is 442 g/mol. The number of piperazine rings is 2. The first-order chi connectivity index (χ1) is 16.9. The van der Waals surface area contributed by atoms with Crippen LogP contribution in [0, 0.1) is 13.8 Å². The molecule has 8 nitrogen and oxygen atoms in total. The maximum Gasteiger partial charge on any atom is 0.243 e. The van der Waals surface area contributed by atoms with Gasteiger partial charge in [0.05, 0.1) is 13.0 Å². The Bertz CT molecular complexity index is 1050. The van der Waals surface area contributed by atoms with Crippen LogP contribution < -0.4 is 10.6 Å². The van der Waals surface area contributed by atoms with Gasteiger partial charge in [-0.25, -0.2) is 0 Å². The monoisotopic (exact) mass is 477 g/mol. The lowest BCUT2D eigenvalue weighted by molar-refractivity contribution is -0.145. The third kappa shape index (κ3) is 6.68. The van der Waals surface area contributed by atoms with Crippen LogP contribution in [0.3, 0.4) is 0 Å². The van der Waals surface area contributed by atoms with E-state index in [2.05, 4.69) is 44.7 Å². The summed E-state index contributed by atoms with van der Waals surface area (Å²) in [6.07, 6.45) is -0.0602. The highest BCUT2D eigenvalue weighted by atomic mass is 16.2. The summed E-state index contributed by atoms with van der Waals surface area (Å²) in [6, 6.07) is 15.3. The lowest BCUT2D eigenvalue weighted by atomic mass is 10.1. The maximum absolute atomic E-state index is 13.2. The first-order valence-electron chi connectivity index (χ1n) is 12.3. The van der Waals surface area contributed by atoms with Crippen LogP contribution in [0.25, 0.3) is 0 Å². The molecule has 0 spiro atoms. The summed E-state index contributed by atoms with van der Waals surface area (Å²) < 4.78 is 0. The predicted octanol–water partition coefficient (Wildman–Crippen LogP) is 1.78. The van der Waals surface area contributed by atoms with Crippen molar-refractivity contribution in [1.29, 1.82) is 0 Å². The summed E-state index contributed by atoms with van der Waals surface area (Å²) in [7, 11) is 0. The molecule has 0 aromatic heterocycles. The van der Waals surface area contributed by atoms with E-state index in [0.717, 1.165) is 43.9 Å². The van der Waals surface area contributed by atoms with Crippen molar-refractivity contribution in [3.8, 4) is 0 Å². The Hall–Kier alpha value is -3.23. The van der Waals surface area contributed by atoms with E-state index in [4.69, 9.17) is 0 Å². The van der Waals surface area contributed by atoms with Gasteiger partial charge in [0, 0.05) is 51.5 Å². The van der Waals surface area contributed by atoms with E-state index in [1.807, 2.05) is 38.1 Å². The fourth-order valence-corrected chi connectivity index (χ4v) is 4.65. The Kier molecular flexibility index (Phi) is 8.15. The molecule has 1 unspecified atom stereocenters. The number of nitrogens with zero attached hydrogens (tertiary/aromatic N) is 3. The summed E-state index contributed by atoms with van der Waals surface area (Å²) in [5.74, 6) is -0.643. The second-order valence-corrected chi connectivity index (χ2v) is 9.48. The summed E-state index contributed by atoms with van der Waals surface area (Å²) >= 11 is 0. The van der Waals surface area contributed by atoms with Crippen molar-refractivity contribution in [2.75, 3.05) is 51.1 Å². The van der Waals surface area contributed by atoms with Gasteiger partial charge in [0.1, 0.15) is 6.04 Å². The number of benzene rings is 2. The fraction of sp³-hybridized carbons (Fsp3) is 0.444. The first kappa shape index (κ1) is 24.9. The molecule has 35 heavy (non-hydrogen) atoms. The zero-order valence-electron chi connectivity index (χ0n) is 20.6. The lowest BCUT2D eigenvalue weighted by Crippen LogP contribution is -2.60. The summed E-state index contributed by atoms with van der Waals surface area (Å²) in [6.45, 7) is 9.39. The van der Waals surface area contributed by atoms with Gasteiger partial charge in [0.25, 0.3) is 0 Å². The SMILES string of the molecule is Cc1ccc(NC(=O)CC2C(=O)NCCN2C(=O)CN2CCN(Cc3ccccc3)CC2)cc1C. The van der Waals surface area contributed by atoms with Gasteiger partial charge in [-0.3, -0.25) is 24.2 Å². The van der Waals surface area contributed by atoms with Crippen LogP contribution in [-0.4, -0.2) is 84.3 Å². The molecule has 2 aliphatic rings. The zero-order valence-corrected chi connectivity index (χ0v) is 20.6. The van der Waals surface area contributed by atoms with Crippen molar-refractivity contribution >= 4 is 23.4 Å². The molecule has 2 aliphatic heterocycles. The summed E-state index contributed by atoms with van der Waals surface area (Å²) in [4.78, 5) is 44.6. The molecule has 0 bridgehead atoms. The van der Waals surface area contributed by atoms with Crippen LogP contribution in [-0.2, 0) is 20.9 Å².